The van der Waals surface area contributed by atoms with Crippen molar-refractivity contribution >= 4 is 23.2 Å². The lowest BCUT2D eigenvalue weighted by Gasteiger charge is -2.38. The first-order valence-corrected chi connectivity index (χ1v) is 12.0. The topological polar surface area (TPSA) is 56.1 Å². The third-order valence-electron chi connectivity index (χ3n) is 6.57. The molecule has 0 radical (unpaired) electrons. The quantitative estimate of drug-likeness (QED) is 0.650. The lowest BCUT2D eigenvalue weighted by atomic mass is 10.1. The highest BCUT2D eigenvalue weighted by Gasteiger charge is 2.25. The number of carbonyl (C=O) groups excluding carboxylic acids is 1. The number of halogens is 1. The van der Waals surface area contributed by atoms with Gasteiger partial charge in [-0.2, -0.15) is 0 Å². The van der Waals surface area contributed by atoms with Gasteiger partial charge in [0.25, 0.3) is 0 Å². The molecule has 2 aliphatic rings. The summed E-state index contributed by atoms with van der Waals surface area (Å²) in [4.78, 5) is 22.0. The van der Waals surface area contributed by atoms with Crippen LogP contribution in [-0.2, 0) is 17.8 Å². The normalized spacial score (nSPS) is 18.7. The Morgan fingerprint density at radius 3 is 2.22 bits per heavy atom. The molecule has 2 N–H and O–H groups in total. The number of anilines is 1. The van der Waals surface area contributed by atoms with Gasteiger partial charge < -0.3 is 15.5 Å². The third-order valence-corrected chi connectivity index (χ3v) is 6.94. The first-order valence-electron chi connectivity index (χ1n) is 11.6. The van der Waals surface area contributed by atoms with E-state index in [9.17, 15) is 4.79 Å². The number of hydrogen-bond acceptors (Lipinski definition) is 5. The number of amides is 1. The van der Waals surface area contributed by atoms with Gasteiger partial charge in [0.15, 0.2) is 0 Å². The van der Waals surface area contributed by atoms with Gasteiger partial charge in [0.2, 0.25) is 5.91 Å². The standard InChI is InChI=1S/C25H34ClN5O/c26-24-7-6-23(27)18-22(24)19-29-14-16-31(17-15-29)25(32)20-30-12-10-28(11-13-30)9-8-21-4-2-1-3-5-21/h1-7,18H,8-17,19-20,27H2. The highest BCUT2D eigenvalue weighted by Crippen LogP contribution is 2.21. The van der Waals surface area contributed by atoms with Crippen molar-refractivity contribution in [3.8, 4) is 0 Å². The molecule has 2 heterocycles. The number of nitrogens with two attached hydrogens (primary N) is 1. The molecule has 7 heteroatoms. The average molecular weight is 456 g/mol. The number of carbonyl (C=O) groups is 1. The van der Waals surface area contributed by atoms with Crippen molar-refractivity contribution < 1.29 is 4.79 Å². The van der Waals surface area contributed by atoms with Gasteiger partial charge in [-0.1, -0.05) is 41.9 Å². The van der Waals surface area contributed by atoms with Crippen LogP contribution in [0.1, 0.15) is 11.1 Å². The Morgan fingerprint density at radius 1 is 0.844 bits per heavy atom. The molecule has 0 unspecified atom stereocenters. The molecule has 0 aromatic heterocycles. The zero-order valence-electron chi connectivity index (χ0n) is 18.8. The molecule has 172 valence electrons. The van der Waals surface area contributed by atoms with E-state index in [1.165, 1.54) is 5.56 Å². The van der Waals surface area contributed by atoms with E-state index in [0.717, 1.165) is 88.1 Å². The van der Waals surface area contributed by atoms with E-state index in [1.807, 2.05) is 23.1 Å². The summed E-state index contributed by atoms with van der Waals surface area (Å²) in [6.45, 7) is 9.68. The molecule has 6 nitrogen and oxygen atoms in total. The van der Waals surface area contributed by atoms with Gasteiger partial charge in [-0.05, 0) is 35.7 Å². The number of nitrogens with zero attached hydrogens (tertiary/aromatic N) is 4. The van der Waals surface area contributed by atoms with Crippen LogP contribution in [0.4, 0.5) is 5.69 Å². The molecule has 0 atom stereocenters. The summed E-state index contributed by atoms with van der Waals surface area (Å²) in [7, 11) is 0. The number of nitrogen functional groups attached to an aromatic ring is 1. The minimum atomic E-state index is 0.254. The van der Waals surface area contributed by atoms with Gasteiger partial charge in [0, 0.05) is 76.2 Å². The minimum absolute atomic E-state index is 0.254. The second-order valence-electron chi connectivity index (χ2n) is 8.86. The lowest BCUT2D eigenvalue weighted by molar-refractivity contribution is -0.134. The summed E-state index contributed by atoms with van der Waals surface area (Å²) in [5, 5.41) is 0.751. The fourth-order valence-corrected chi connectivity index (χ4v) is 4.68. The maximum absolute atomic E-state index is 12.8. The summed E-state index contributed by atoms with van der Waals surface area (Å²) in [5.41, 5.74) is 9.08. The number of rotatable bonds is 7. The van der Waals surface area contributed by atoms with Gasteiger partial charge in [0.1, 0.15) is 0 Å². The minimum Gasteiger partial charge on any atom is -0.399 e. The monoisotopic (exact) mass is 455 g/mol. The molecule has 0 spiro atoms. The Kier molecular flexibility index (Phi) is 8.03. The van der Waals surface area contributed by atoms with Crippen molar-refractivity contribution in [3.63, 3.8) is 0 Å². The molecule has 32 heavy (non-hydrogen) atoms. The Labute approximate surface area is 196 Å². The predicted octanol–water partition coefficient (Wildman–Crippen LogP) is 2.43. The van der Waals surface area contributed by atoms with Gasteiger partial charge >= 0.3 is 0 Å². The Morgan fingerprint density at radius 2 is 1.50 bits per heavy atom. The van der Waals surface area contributed by atoms with Crippen molar-refractivity contribution in [2.45, 2.75) is 13.0 Å². The van der Waals surface area contributed by atoms with Crippen LogP contribution in [-0.4, -0.2) is 91.0 Å². The fourth-order valence-electron chi connectivity index (χ4n) is 4.51. The first kappa shape index (κ1) is 23.1. The first-order chi connectivity index (χ1) is 15.6. The second kappa shape index (κ2) is 11.1. The molecular weight excluding hydrogens is 422 g/mol. The fraction of sp³-hybridized carbons (Fsp3) is 0.480. The van der Waals surface area contributed by atoms with Crippen LogP contribution in [0.5, 0.6) is 0 Å². The van der Waals surface area contributed by atoms with Crippen LogP contribution in [0.3, 0.4) is 0 Å². The van der Waals surface area contributed by atoms with E-state index in [2.05, 4.69) is 45.0 Å². The van der Waals surface area contributed by atoms with Gasteiger partial charge in [-0.3, -0.25) is 14.6 Å². The predicted molar refractivity (Wildman–Crippen MR) is 131 cm³/mol. The average Bonchev–Trinajstić information content (AvgIpc) is 2.82. The Balaban J connectivity index is 1.15. The van der Waals surface area contributed by atoms with Crippen LogP contribution < -0.4 is 5.73 Å². The zero-order chi connectivity index (χ0) is 22.3. The maximum Gasteiger partial charge on any atom is 0.236 e. The second-order valence-corrected chi connectivity index (χ2v) is 9.27. The van der Waals surface area contributed by atoms with Crippen LogP contribution in [0.2, 0.25) is 5.02 Å². The zero-order valence-corrected chi connectivity index (χ0v) is 19.5. The summed E-state index contributed by atoms with van der Waals surface area (Å²) in [6.07, 6.45) is 1.09. The highest BCUT2D eigenvalue weighted by molar-refractivity contribution is 6.31. The highest BCUT2D eigenvalue weighted by atomic mass is 35.5. The lowest BCUT2D eigenvalue weighted by Crippen LogP contribution is -2.53. The SMILES string of the molecule is Nc1ccc(Cl)c(CN2CCN(C(=O)CN3CCN(CCc4ccccc4)CC3)CC2)c1. The van der Waals surface area contributed by atoms with Crippen molar-refractivity contribution in [2.75, 3.05) is 71.2 Å². The van der Waals surface area contributed by atoms with Crippen molar-refractivity contribution in [1.29, 1.82) is 0 Å². The van der Waals surface area contributed by atoms with E-state index < -0.39 is 0 Å². The van der Waals surface area contributed by atoms with E-state index in [0.29, 0.717) is 6.54 Å². The summed E-state index contributed by atoms with van der Waals surface area (Å²) < 4.78 is 0. The largest absolute Gasteiger partial charge is 0.399 e. The van der Waals surface area contributed by atoms with Crippen LogP contribution in [0.25, 0.3) is 0 Å². The summed E-state index contributed by atoms with van der Waals surface area (Å²) in [6, 6.07) is 16.3. The number of hydrogen-bond donors (Lipinski definition) is 1. The molecule has 1 amide bonds. The van der Waals surface area contributed by atoms with Crippen molar-refractivity contribution in [2.24, 2.45) is 0 Å². The van der Waals surface area contributed by atoms with Gasteiger partial charge in [0.05, 0.1) is 6.54 Å². The maximum atomic E-state index is 12.8. The van der Waals surface area contributed by atoms with E-state index >= 15 is 0 Å². The Hall–Kier alpha value is -2.12. The number of piperazine rings is 2. The van der Waals surface area contributed by atoms with Crippen LogP contribution in [0.15, 0.2) is 48.5 Å². The van der Waals surface area contributed by atoms with E-state index in [1.54, 1.807) is 0 Å². The Bertz CT molecular complexity index is 877. The molecule has 2 aromatic carbocycles. The van der Waals surface area contributed by atoms with E-state index in [4.69, 9.17) is 17.3 Å². The van der Waals surface area contributed by atoms with Crippen molar-refractivity contribution in [1.82, 2.24) is 19.6 Å². The van der Waals surface area contributed by atoms with Crippen molar-refractivity contribution in [3.05, 3.63) is 64.7 Å². The molecule has 0 aliphatic carbocycles. The molecule has 0 saturated carbocycles. The van der Waals surface area contributed by atoms with Gasteiger partial charge in [-0.25, -0.2) is 0 Å². The van der Waals surface area contributed by atoms with Crippen LogP contribution >= 0.6 is 11.6 Å². The molecule has 2 aromatic rings. The molecular formula is C25H34ClN5O. The third kappa shape index (κ3) is 6.45. The molecule has 2 fully saturated rings. The van der Waals surface area contributed by atoms with Crippen LogP contribution in [0, 0.1) is 0 Å². The molecule has 2 aliphatic heterocycles. The van der Waals surface area contributed by atoms with E-state index in [-0.39, 0.29) is 5.91 Å². The smallest absolute Gasteiger partial charge is 0.236 e. The number of benzene rings is 2. The summed E-state index contributed by atoms with van der Waals surface area (Å²) >= 11 is 6.31. The van der Waals surface area contributed by atoms with Gasteiger partial charge in [-0.15, -0.1) is 0 Å². The molecule has 2 saturated heterocycles. The molecule has 4 rings (SSSR count). The summed E-state index contributed by atoms with van der Waals surface area (Å²) in [5.74, 6) is 0.254. The molecule has 0 bridgehead atoms.